The Morgan fingerprint density at radius 1 is 1.23 bits per heavy atom. The first-order valence-electron chi connectivity index (χ1n) is 6.97. The third kappa shape index (κ3) is 2.79. The van der Waals surface area contributed by atoms with Gasteiger partial charge in [0, 0.05) is 6.54 Å². The van der Waals surface area contributed by atoms with Crippen LogP contribution in [-0.4, -0.2) is 35.1 Å². The van der Waals surface area contributed by atoms with Gasteiger partial charge >= 0.3 is 6.18 Å². The Balaban J connectivity index is 2.42. The van der Waals surface area contributed by atoms with Crippen molar-refractivity contribution in [3.63, 3.8) is 0 Å². The molecular weight excluding hydrogens is 302 g/mol. The van der Waals surface area contributed by atoms with Crippen LogP contribution in [-0.2, 0) is 11.8 Å². The van der Waals surface area contributed by atoms with Crippen molar-refractivity contribution in [2.75, 3.05) is 18.5 Å². The van der Waals surface area contributed by atoms with E-state index in [2.05, 4.69) is 5.32 Å². The van der Waals surface area contributed by atoms with Crippen LogP contribution in [0, 0.1) is 5.82 Å². The van der Waals surface area contributed by atoms with Crippen molar-refractivity contribution in [2.24, 2.45) is 0 Å². The van der Waals surface area contributed by atoms with Gasteiger partial charge in [0.25, 0.3) is 0 Å². The maximum absolute atomic E-state index is 13.7. The predicted molar refractivity (Wildman–Crippen MR) is 74.3 cm³/mol. The maximum atomic E-state index is 13.7. The summed E-state index contributed by atoms with van der Waals surface area (Å²) in [7, 11) is 0. The van der Waals surface area contributed by atoms with Gasteiger partial charge in [-0.15, -0.1) is 0 Å². The zero-order valence-electron chi connectivity index (χ0n) is 12.4. The van der Waals surface area contributed by atoms with Gasteiger partial charge in [0.15, 0.2) is 5.60 Å². The van der Waals surface area contributed by atoms with E-state index in [-0.39, 0.29) is 0 Å². The molecule has 7 heteroatoms. The fourth-order valence-electron chi connectivity index (χ4n) is 3.09. The van der Waals surface area contributed by atoms with Crippen molar-refractivity contribution in [3.8, 4) is 0 Å². The van der Waals surface area contributed by atoms with Crippen molar-refractivity contribution >= 4 is 5.69 Å². The molecule has 1 heterocycles. The standard InChI is InChI=1S/C15H19F4NO2/c1-13(2,7-14(22,8-21)15(17,18)19)10-3-4-11(16)12-9(10)5-6-20-12/h3-4,20-22H,5-8H2,1-2H3/t14-/m1/s1. The summed E-state index contributed by atoms with van der Waals surface area (Å²) in [6.07, 6.45) is -5.14. The first kappa shape index (κ1) is 17.0. The van der Waals surface area contributed by atoms with Crippen LogP contribution in [0.25, 0.3) is 0 Å². The van der Waals surface area contributed by atoms with Crippen LogP contribution in [0.15, 0.2) is 12.1 Å². The number of hydrogen-bond acceptors (Lipinski definition) is 3. The Morgan fingerprint density at radius 3 is 2.41 bits per heavy atom. The number of anilines is 1. The number of benzene rings is 1. The second kappa shape index (κ2) is 5.38. The van der Waals surface area contributed by atoms with Crippen LogP contribution in [0.4, 0.5) is 23.2 Å². The minimum absolute atomic E-state index is 0.310. The summed E-state index contributed by atoms with van der Waals surface area (Å²) in [4.78, 5) is 0. The zero-order chi connectivity index (χ0) is 16.8. The Hall–Kier alpha value is -1.34. The third-order valence-electron chi connectivity index (χ3n) is 4.19. The zero-order valence-corrected chi connectivity index (χ0v) is 12.4. The van der Waals surface area contributed by atoms with Crippen molar-refractivity contribution < 1.29 is 27.8 Å². The van der Waals surface area contributed by atoms with E-state index < -0.39 is 36.0 Å². The van der Waals surface area contributed by atoms with Gasteiger partial charge < -0.3 is 15.5 Å². The minimum Gasteiger partial charge on any atom is -0.393 e. The minimum atomic E-state index is -4.94. The molecule has 0 radical (unpaired) electrons. The largest absolute Gasteiger partial charge is 0.419 e. The molecule has 0 bridgehead atoms. The summed E-state index contributed by atoms with van der Waals surface area (Å²) < 4.78 is 52.7. The molecule has 0 saturated heterocycles. The van der Waals surface area contributed by atoms with Gasteiger partial charge in [0.05, 0.1) is 12.3 Å². The van der Waals surface area contributed by atoms with E-state index >= 15 is 0 Å². The highest BCUT2D eigenvalue weighted by Crippen LogP contribution is 2.43. The molecular formula is C15H19F4NO2. The van der Waals surface area contributed by atoms with Gasteiger partial charge in [-0.3, -0.25) is 0 Å². The molecule has 1 aromatic rings. The number of halogens is 4. The van der Waals surface area contributed by atoms with Crippen LogP contribution in [0.5, 0.6) is 0 Å². The Kier molecular flexibility index (Phi) is 4.16. The van der Waals surface area contributed by atoms with Crippen molar-refractivity contribution in [2.45, 2.75) is 43.9 Å². The Morgan fingerprint density at radius 2 is 1.86 bits per heavy atom. The number of hydrogen-bond donors (Lipinski definition) is 3. The molecule has 124 valence electrons. The Bertz CT molecular complexity index is 571. The molecule has 3 N–H and O–H groups in total. The lowest BCUT2D eigenvalue weighted by Crippen LogP contribution is -2.52. The summed E-state index contributed by atoms with van der Waals surface area (Å²) in [5, 5.41) is 21.7. The third-order valence-corrected chi connectivity index (χ3v) is 4.19. The van der Waals surface area contributed by atoms with Gasteiger partial charge in [-0.25, -0.2) is 4.39 Å². The highest BCUT2D eigenvalue weighted by Gasteiger charge is 2.55. The molecule has 1 aliphatic heterocycles. The van der Waals surface area contributed by atoms with E-state index in [4.69, 9.17) is 5.11 Å². The summed E-state index contributed by atoms with van der Waals surface area (Å²) in [5.74, 6) is -0.444. The van der Waals surface area contributed by atoms with Crippen LogP contribution in [0.3, 0.4) is 0 Å². The van der Waals surface area contributed by atoms with Crippen molar-refractivity contribution in [3.05, 3.63) is 29.1 Å². The molecule has 1 atom stereocenters. The van der Waals surface area contributed by atoms with E-state index in [1.54, 1.807) is 13.8 Å². The fourth-order valence-corrected chi connectivity index (χ4v) is 3.09. The second-order valence-corrected chi connectivity index (χ2v) is 6.37. The van der Waals surface area contributed by atoms with Crippen LogP contribution in [0.1, 0.15) is 31.4 Å². The fraction of sp³-hybridized carbons (Fsp3) is 0.600. The molecule has 0 fully saturated rings. The number of alkyl halides is 3. The molecule has 0 spiro atoms. The van der Waals surface area contributed by atoms with Gasteiger partial charge in [0.2, 0.25) is 0 Å². The van der Waals surface area contributed by atoms with E-state index in [1.165, 1.54) is 12.1 Å². The monoisotopic (exact) mass is 321 g/mol. The lowest BCUT2D eigenvalue weighted by atomic mass is 9.73. The first-order valence-corrected chi connectivity index (χ1v) is 6.97. The normalized spacial score (nSPS) is 17.8. The first-order chi connectivity index (χ1) is 10.0. The SMILES string of the molecule is CC(C)(C[C@@](O)(CO)C(F)(F)F)c1ccc(F)c2c1CCN2. The molecule has 0 amide bonds. The summed E-state index contributed by atoms with van der Waals surface area (Å²) in [6, 6.07) is 2.66. The molecule has 22 heavy (non-hydrogen) atoms. The van der Waals surface area contributed by atoms with Gasteiger partial charge in [0.1, 0.15) is 5.82 Å². The second-order valence-electron chi connectivity index (χ2n) is 6.37. The highest BCUT2D eigenvalue weighted by molar-refractivity contribution is 5.61. The molecule has 1 aromatic carbocycles. The number of aliphatic hydroxyl groups excluding tert-OH is 1. The lowest BCUT2D eigenvalue weighted by molar-refractivity contribution is -0.277. The number of fused-ring (bicyclic) bond motifs is 1. The predicted octanol–water partition coefficient (Wildman–Crippen LogP) is 2.75. The molecule has 0 aromatic heterocycles. The average molecular weight is 321 g/mol. The average Bonchev–Trinajstić information content (AvgIpc) is 2.86. The van der Waals surface area contributed by atoms with E-state index in [9.17, 15) is 22.7 Å². The maximum Gasteiger partial charge on any atom is 0.419 e. The van der Waals surface area contributed by atoms with Gasteiger partial charge in [-0.2, -0.15) is 13.2 Å². The quantitative estimate of drug-likeness (QED) is 0.748. The van der Waals surface area contributed by atoms with Crippen LogP contribution in [0.2, 0.25) is 0 Å². The van der Waals surface area contributed by atoms with E-state index in [1.807, 2.05) is 0 Å². The van der Waals surface area contributed by atoms with Crippen LogP contribution < -0.4 is 5.32 Å². The summed E-state index contributed by atoms with van der Waals surface area (Å²) in [5.41, 5.74) is -2.79. The van der Waals surface area contributed by atoms with Crippen molar-refractivity contribution in [1.82, 2.24) is 0 Å². The molecule has 0 aliphatic carbocycles. The topological polar surface area (TPSA) is 52.5 Å². The smallest absolute Gasteiger partial charge is 0.393 e. The number of aliphatic hydroxyl groups is 2. The lowest BCUT2D eigenvalue weighted by Gasteiger charge is -2.37. The van der Waals surface area contributed by atoms with Gasteiger partial charge in [-0.1, -0.05) is 19.9 Å². The molecule has 0 unspecified atom stereocenters. The number of rotatable bonds is 4. The Labute approximate surface area is 126 Å². The molecule has 1 aliphatic rings. The van der Waals surface area contributed by atoms with Crippen LogP contribution >= 0.6 is 0 Å². The van der Waals surface area contributed by atoms with E-state index in [0.717, 1.165) is 0 Å². The van der Waals surface area contributed by atoms with Crippen molar-refractivity contribution in [1.29, 1.82) is 0 Å². The van der Waals surface area contributed by atoms with Gasteiger partial charge in [-0.05, 0) is 35.4 Å². The summed E-state index contributed by atoms with van der Waals surface area (Å²) >= 11 is 0. The number of nitrogens with one attached hydrogen (secondary N) is 1. The molecule has 3 nitrogen and oxygen atoms in total. The molecule has 2 rings (SSSR count). The summed E-state index contributed by atoms with van der Waals surface area (Å²) in [6.45, 7) is 2.20. The highest BCUT2D eigenvalue weighted by atomic mass is 19.4. The molecule has 0 saturated carbocycles. The van der Waals surface area contributed by atoms with E-state index in [0.29, 0.717) is 29.8 Å².